The number of aliphatic hydroxyl groups is 1. The van der Waals surface area contributed by atoms with E-state index < -0.39 is 36.0 Å². The van der Waals surface area contributed by atoms with Crippen molar-refractivity contribution in [1.82, 2.24) is 14.9 Å². The number of hydrogen-bond donors (Lipinski definition) is 3. The first-order chi connectivity index (χ1) is 10.2. The molecule has 2 heterocycles. The molecule has 0 aliphatic carbocycles. The van der Waals surface area contributed by atoms with E-state index in [0.29, 0.717) is 10.3 Å². The van der Waals surface area contributed by atoms with Crippen molar-refractivity contribution in [3.05, 3.63) is 28.4 Å². The molecule has 1 aromatic heterocycles. The number of halogens is 2. The predicted molar refractivity (Wildman–Crippen MR) is 70.2 cm³/mol. The molecular weight excluding hydrogens is 302 g/mol. The third kappa shape index (κ3) is 3.13. The average Bonchev–Trinajstić information content (AvgIpc) is 2.62. The molecule has 4 N–H and O–H groups in total. The first-order valence-electron chi connectivity index (χ1n) is 6.49. The highest BCUT2D eigenvalue weighted by Crippen LogP contribution is 2.41. The topological polar surface area (TPSA) is 119 Å². The molecule has 122 valence electrons. The quantitative estimate of drug-likeness (QED) is 0.609. The third-order valence-electron chi connectivity index (χ3n) is 3.25. The number of nitrogens with one attached hydrogen (secondary N) is 1. The van der Waals surface area contributed by atoms with Gasteiger partial charge >= 0.3 is 11.6 Å². The van der Waals surface area contributed by atoms with E-state index in [9.17, 15) is 23.5 Å². The molecule has 10 heteroatoms. The van der Waals surface area contributed by atoms with Crippen LogP contribution in [0.25, 0.3) is 0 Å². The number of rotatable bonds is 5. The van der Waals surface area contributed by atoms with Gasteiger partial charge in [-0.15, -0.1) is 0 Å². The van der Waals surface area contributed by atoms with Crippen molar-refractivity contribution in [2.45, 2.75) is 31.3 Å². The summed E-state index contributed by atoms with van der Waals surface area (Å²) in [5.74, 6) is -4.35. The Bertz CT molecular complexity index is 621. The van der Waals surface area contributed by atoms with Gasteiger partial charge in [-0.25, -0.2) is 4.79 Å². The van der Waals surface area contributed by atoms with Crippen LogP contribution in [-0.4, -0.2) is 51.8 Å². The van der Waals surface area contributed by atoms with Crippen LogP contribution < -0.4 is 16.7 Å². The fourth-order valence-electron chi connectivity index (χ4n) is 2.15. The van der Waals surface area contributed by atoms with Crippen molar-refractivity contribution >= 4 is 5.91 Å². The van der Waals surface area contributed by atoms with Crippen LogP contribution in [0.3, 0.4) is 0 Å². The molecule has 0 radical (unpaired) electrons. The Hall–Kier alpha value is -1.91. The van der Waals surface area contributed by atoms with Gasteiger partial charge in [-0.3, -0.25) is 9.36 Å². The number of alkyl halides is 2. The highest BCUT2D eigenvalue weighted by atomic mass is 19.3. The maximum Gasteiger partial charge on any atom is 0.350 e. The second-order valence-electron chi connectivity index (χ2n) is 5.00. The first kappa shape index (κ1) is 16.5. The molecule has 1 aliphatic heterocycles. The van der Waals surface area contributed by atoms with E-state index in [1.807, 2.05) is 0 Å². The van der Waals surface area contributed by atoms with E-state index in [4.69, 9.17) is 10.5 Å². The Balaban J connectivity index is 2.18. The molecule has 1 fully saturated rings. The molecule has 22 heavy (non-hydrogen) atoms. The summed E-state index contributed by atoms with van der Waals surface area (Å²) in [6, 6.07) is 1.38. The summed E-state index contributed by atoms with van der Waals surface area (Å²) in [5.41, 5.74) is 4.39. The third-order valence-corrected chi connectivity index (χ3v) is 3.25. The number of nitrogens with zero attached hydrogens (tertiary/aromatic N) is 2. The van der Waals surface area contributed by atoms with Gasteiger partial charge in [0.15, 0.2) is 0 Å². The van der Waals surface area contributed by atoms with Gasteiger partial charge in [-0.2, -0.15) is 13.8 Å². The lowest BCUT2D eigenvalue weighted by atomic mass is 10.1. The van der Waals surface area contributed by atoms with Crippen LogP contribution >= 0.6 is 0 Å². The van der Waals surface area contributed by atoms with Gasteiger partial charge in [-0.05, 0) is 13.0 Å². The summed E-state index contributed by atoms with van der Waals surface area (Å²) < 4.78 is 34.0. The largest absolute Gasteiger partial charge is 0.384 e. The lowest BCUT2D eigenvalue weighted by Crippen LogP contribution is -2.44. The Morgan fingerprint density at radius 2 is 2.32 bits per heavy atom. The number of carbonyl (C=O) groups is 1. The van der Waals surface area contributed by atoms with Crippen molar-refractivity contribution in [3.8, 4) is 0 Å². The molecule has 0 spiro atoms. The summed E-state index contributed by atoms with van der Waals surface area (Å²) in [6.07, 6.45) is -4.27. The SMILES string of the molecule is Cc1ccn([C@@H]2O[C@H](CNCC(N)=O)[C@@H](O)C2(F)F)c(=O)n1. The number of carbonyl (C=O) groups excluding carboxylic acids is 1. The normalized spacial score (nSPS) is 27.0. The molecule has 1 aromatic rings. The van der Waals surface area contributed by atoms with Crippen LogP contribution in [0.15, 0.2) is 17.1 Å². The number of aromatic nitrogens is 2. The number of hydrogen-bond acceptors (Lipinski definition) is 6. The zero-order valence-electron chi connectivity index (χ0n) is 11.7. The van der Waals surface area contributed by atoms with Gasteiger partial charge < -0.3 is 20.9 Å². The van der Waals surface area contributed by atoms with Gasteiger partial charge in [0.05, 0.1) is 6.54 Å². The molecule has 0 bridgehead atoms. The van der Waals surface area contributed by atoms with E-state index in [2.05, 4.69) is 10.3 Å². The zero-order valence-corrected chi connectivity index (χ0v) is 11.7. The van der Waals surface area contributed by atoms with Crippen molar-refractivity contribution in [2.24, 2.45) is 5.73 Å². The number of ether oxygens (including phenoxy) is 1. The molecule has 0 unspecified atom stereocenters. The molecule has 0 aromatic carbocycles. The standard InChI is InChI=1S/C12H16F2N4O4/c1-6-2-3-18(11(21)17-6)10-12(13,14)9(20)7(22-10)4-16-5-8(15)19/h2-3,7,9-10,16,20H,4-5H2,1H3,(H2,15,19)/t7-,9-,10-/m1/s1. The Kier molecular flexibility index (Phi) is 4.54. The number of aliphatic hydroxyl groups excluding tert-OH is 1. The lowest BCUT2D eigenvalue weighted by Gasteiger charge is -2.20. The van der Waals surface area contributed by atoms with Gasteiger partial charge in [0.1, 0.15) is 12.2 Å². The number of amides is 1. The summed E-state index contributed by atoms with van der Waals surface area (Å²) >= 11 is 0. The minimum Gasteiger partial charge on any atom is -0.384 e. The first-order valence-corrected chi connectivity index (χ1v) is 6.49. The van der Waals surface area contributed by atoms with Crippen molar-refractivity contribution in [2.75, 3.05) is 13.1 Å². The minimum absolute atomic E-state index is 0.218. The zero-order chi connectivity index (χ0) is 16.5. The van der Waals surface area contributed by atoms with Crippen LogP contribution in [-0.2, 0) is 9.53 Å². The van der Waals surface area contributed by atoms with E-state index in [-0.39, 0.29) is 13.1 Å². The molecule has 8 nitrogen and oxygen atoms in total. The predicted octanol–water partition coefficient (Wildman–Crippen LogP) is -1.48. The van der Waals surface area contributed by atoms with Crippen LogP contribution in [0.1, 0.15) is 11.9 Å². The van der Waals surface area contributed by atoms with E-state index in [0.717, 1.165) is 6.20 Å². The molecule has 1 saturated heterocycles. The number of primary amides is 1. The molecule has 3 atom stereocenters. The monoisotopic (exact) mass is 318 g/mol. The summed E-state index contributed by atoms with van der Waals surface area (Å²) in [5, 5.41) is 12.2. The van der Waals surface area contributed by atoms with E-state index in [1.54, 1.807) is 6.92 Å². The molecule has 0 saturated carbocycles. The average molecular weight is 318 g/mol. The van der Waals surface area contributed by atoms with E-state index >= 15 is 0 Å². The van der Waals surface area contributed by atoms with Crippen LogP contribution in [0.4, 0.5) is 8.78 Å². The lowest BCUT2D eigenvalue weighted by molar-refractivity contribution is -0.140. The summed E-state index contributed by atoms with van der Waals surface area (Å²) in [7, 11) is 0. The number of nitrogens with two attached hydrogens (primary N) is 1. The second-order valence-corrected chi connectivity index (χ2v) is 5.00. The Labute approximate surface area is 123 Å². The fraction of sp³-hybridized carbons (Fsp3) is 0.583. The highest BCUT2D eigenvalue weighted by Gasteiger charge is 2.59. The van der Waals surface area contributed by atoms with Crippen molar-refractivity contribution in [3.63, 3.8) is 0 Å². The minimum atomic E-state index is -3.68. The van der Waals surface area contributed by atoms with Gasteiger partial charge in [-0.1, -0.05) is 0 Å². The van der Waals surface area contributed by atoms with Gasteiger partial charge in [0, 0.05) is 18.4 Å². The Morgan fingerprint density at radius 1 is 1.64 bits per heavy atom. The summed E-state index contributed by atoms with van der Waals surface area (Å²) in [6.45, 7) is 1.09. The van der Waals surface area contributed by atoms with Crippen LogP contribution in [0.5, 0.6) is 0 Å². The second kappa shape index (κ2) is 6.07. The van der Waals surface area contributed by atoms with Crippen molar-refractivity contribution < 1.29 is 23.4 Å². The van der Waals surface area contributed by atoms with E-state index in [1.165, 1.54) is 6.07 Å². The maximum atomic E-state index is 14.1. The molecule has 1 amide bonds. The van der Waals surface area contributed by atoms with Crippen LogP contribution in [0.2, 0.25) is 0 Å². The summed E-state index contributed by atoms with van der Waals surface area (Å²) in [4.78, 5) is 25.9. The Morgan fingerprint density at radius 3 is 2.91 bits per heavy atom. The van der Waals surface area contributed by atoms with Crippen LogP contribution in [0, 0.1) is 6.92 Å². The van der Waals surface area contributed by atoms with Gasteiger partial charge in [0.25, 0.3) is 0 Å². The fourth-order valence-corrected chi connectivity index (χ4v) is 2.15. The highest BCUT2D eigenvalue weighted by molar-refractivity contribution is 5.75. The maximum absolute atomic E-state index is 14.1. The number of aryl methyl sites for hydroxylation is 1. The van der Waals surface area contributed by atoms with Crippen molar-refractivity contribution in [1.29, 1.82) is 0 Å². The molecular formula is C12H16F2N4O4. The smallest absolute Gasteiger partial charge is 0.350 e. The molecule has 2 rings (SSSR count). The van der Waals surface area contributed by atoms with Gasteiger partial charge in [0.2, 0.25) is 12.1 Å². The molecule has 1 aliphatic rings.